The highest BCUT2D eigenvalue weighted by Crippen LogP contribution is 2.40. The lowest BCUT2D eigenvalue weighted by molar-refractivity contribution is 0.0984. The van der Waals surface area contributed by atoms with Crippen molar-refractivity contribution in [3.8, 4) is 5.75 Å². The first-order valence-electron chi connectivity index (χ1n) is 9.15. The van der Waals surface area contributed by atoms with Crippen molar-refractivity contribution >= 4 is 35.0 Å². The molecule has 4 rings (SSSR count). The second kappa shape index (κ2) is 7.97. The maximum atomic E-state index is 12.9. The summed E-state index contributed by atoms with van der Waals surface area (Å²) in [5.74, 6) is 0.344. The largest absolute Gasteiger partial charge is 0.497 e. The van der Waals surface area contributed by atoms with Crippen LogP contribution in [0.3, 0.4) is 0 Å². The lowest BCUT2D eigenvalue weighted by Gasteiger charge is -2.21. The monoisotopic (exact) mass is 405 g/mol. The van der Waals surface area contributed by atoms with Gasteiger partial charge in [0.05, 0.1) is 18.4 Å². The van der Waals surface area contributed by atoms with E-state index >= 15 is 0 Å². The van der Waals surface area contributed by atoms with Gasteiger partial charge in [0.1, 0.15) is 10.8 Å². The molecule has 0 saturated heterocycles. The van der Waals surface area contributed by atoms with Crippen LogP contribution in [-0.4, -0.2) is 30.5 Å². The van der Waals surface area contributed by atoms with E-state index in [1.807, 2.05) is 25.1 Å². The molecule has 146 valence electrons. The van der Waals surface area contributed by atoms with E-state index in [4.69, 9.17) is 4.74 Å². The topological polar surface area (TPSA) is 71.5 Å². The average Bonchev–Trinajstić information content (AvgIpc) is 2.87. The lowest BCUT2D eigenvalue weighted by atomic mass is 10.1. The Labute approximate surface area is 172 Å². The Morgan fingerprint density at radius 3 is 2.83 bits per heavy atom. The summed E-state index contributed by atoms with van der Waals surface area (Å²) >= 11 is 1.40. The second-order valence-corrected chi connectivity index (χ2v) is 7.41. The molecule has 0 bridgehead atoms. The van der Waals surface area contributed by atoms with Crippen LogP contribution in [0.2, 0.25) is 0 Å². The second-order valence-electron chi connectivity index (χ2n) is 6.38. The van der Waals surface area contributed by atoms with E-state index in [1.165, 1.54) is 11.8 Å². The molecule has 2 amide bonds. The molecule has 2 aromatic carbocycles. The Kier molecular flexibility index (Phi) is 5.22. The van der Waals surface area contributed by atoms with E-state index in [2.05, 4.69) is 10.3 Å². The molecule has 29 heavy (non-hydrogen) atoms. The molecule has 0 unspecified atom stereocenters. The number of nitrogens with zero attached hydrogens (tertiary/aromatic N) is 2. The van der Waals surface area contributed by atoms with Gasteiger partial charge >= 0.3 is 0 Å². The predicted octanol–water partition coefficient (Wildman–Crippen LogP) is 4.47. The zero-order valence-corrected chi connectivity index (χ0v) is 16.8. The number of pyridine rings is 1. The van der Waals surface area contributed by atoms with Crippen LogP contribution in [-0.2, 0) is 0 Å². The van der Waals surface area contributed by atoms with Crippen molar-refractivity contribution in [2.75, 3.05) is 23.9 Å². The van der Waals surface area contributed by atoms with E-state index in [1.54, 1.807) is 54.6 Å². The van der Waals surface area contributed by atoms with Crippen LogP contribution in [0.15, 0.2) is 70.7 Å². The third kappa shape index (κ3) is 3.69. The van der Waals surface area contributed by atoms with E-state index in [0.29, 0.717) is 34.1 Å². The number of carbonyl (C=O) groups excluding carboxylic acids is 2. The van der Waals surface area contributed by atoms with E-state index < -0.39 is 0 Å². The molecule has 1 aromatic heterocycles. The summed E-state index contributed by atoms with van der Waals surface area (Å²) in [6.45, 7) is 2.45. The van der Waals surface area contributed by atoms with Gasteiger partial charge in [0, 0.05) is 35.0 Å². The van der Waals surface area contributed by atoms with Gasteiger partial charge < -0.3 is 15.0 Å². The summed E-state index contributed by atoms with van der Waals surface area (Å²) < 4.78 is 5.20. The molecule has 0 fully saturated rings. The third-order valence-corrected chi connectivity index (χ3v) is 5.68. The molecule has 6 nitrogen and oxygen atoms in total. The molecular formula is C22H19N3O3S. The Hall–Kier alpha value is -3.32. The van der Waals surface area contributed by atoms with Crippen molar-refractivity contribution in [1.29, 1.82) is 0 Å². The first-order valence-corrected chi connectivity index (χ1v) is 9.96. The van der Waals surface area contributed by atoms with Crippen LogP contribution in [0.5, 0.6) is 5.75 Å². The number of ether oxygens (including phenoxy) is 1. The number of methoxy groups -OCH3 is 1. The van der Waals surface area contributed by atoms with Crippen molar-refractivity contribution < 1.29 is 14.3 Å². The van der Waals surface area contributed by atoms with Crippen LogP contribution in [0.1, 0.15) is 27.6 Å². The number of benzene rings is 2. The third-order valence-electron chi connectivity index (χ3n) is 4.61. The van der Waals surface area contributed by atoms with E-state index in [0.717, 1.165) is 10.6 Å². The summed E-state index contributed by atoms with van der Waals surface area (Å²) in [5.41, 5.74) is 2.49. The van der Waals surface area contributed by atoms with Crippen LogP contribution < -0.4 is 15.0 Å². The van der Waals surface area contributed by atoms with Gasteiger partial charge in [-0.3, -0.25) is 9.59 Å². The first kappa shape index (κ1) is 19.0. The van der Waals surface area contributed by atoms with Crippen LogP contribution in [0, 0.1) is 0 Å². The smallest absolute Gasteiger partial charge is 0.261 e. The molecule has 1 N–H and O–H groups in total. The molecule has 0 saturated carbocycles. The number of carbonyl (C=O) groups is 2. The number of fused-ring (bicyclic) bond motifs is 2. The highest BCUT2D eigenvalue weighted by molar-refractivity contribution is 7.99. The van der Waals surface area contributed by atoms with Gasteiger partial charge in [0.15, 0.2) is 0 Å². The minimum atomic E-state index is -0.235. The average molecular weight is 405 g/mol. The Bertz CT molecular complexity index is 1100. The number of amides is 2. The summed E-state index contributed by atoms with van der Waals surface area (Å²) in [6, 6.07) is 16.1. The SMILES string of the molecule is CCN1C(=O)c2cccnc2Sc2cc(C(=O)Nc3cccc(OC)c3)ccc21. The number of hydrogen-bond donors (Lipinski definition) is 1. The lowest BCUT2D eigenvalue weighted by Crippen LogP contribution is -2.30. The van der Waals surface area contributed by atoms with Gasteiger partial charge in [-0.15, -0.1) is 0 Å². The maximum Gasteiger partial charge on any atom is 0.261 e. The number of nitrogens with one attached hydrogen (secondary N) is 1. The number of hydrogen-bond acceptors (Lipinski definition) is 5. The molecule has 2 heterocycles. The fourth-order valence-electron chi connectivity index (χ4n) is 3.17. The standard InChI is InChI=1S/C22H19N3O3S/c1-3-25-18-10-9-14(20(26)24-15-6-4-7-16(13-15)28-2)12-19(18)29-21-17(22(25)27)8-5-11-23-21/h4-13H,3H2,1-2H3,(H,24,26). The Morgan fingerprint density at radius 1 is 1.17 bits per heavy atom. The Balaban J connectivity index is 1.68. The maximum absolute atomic E-state index is 12.9. The first-order chi connectivity index (χ1) is 14.1. The quantitative estimate of drug-likeness (QED) is 0.693. The zero-order chi connectivity index (χ0) is 20.4. The van der Waals surface area contributed by atoms with Crippen molar-refractivity contribution in [1.82, 2.24) is 4.98 Å². The van der Waals surface area contributed by atoms with Gasteiger partial charge in [0.25, 0.3) is 11.8 Å². The Morgan fingerprint density at radius 2 is 2.03 bits per heavy atom. The van der Waals surface area contributed by atoms with Gasteiger partial charge in [-0.2, -0.15) is 0 Å². The number of anilines is 2. The van der Waals surface area contributed by atoms with E-state index in [-0.39, 0.29) is 11.8 Å². The highest BCUT2D eigenvalue weighted by atomic mass is 32.2. The molecule has 0 aliphatic carbocycles. The molecule has 1 aliphatic rings. The minimum Gasteiger partial charge on any atom is -0.497 e. The molecule has 7 heteroatoms. The predicted molar refractivity (Wildman–Crippen MR) is 113 cm³/mol. The number of aromatic nitrogens is 1. The van der Waals surface area contributed by atoms with Crippen molar-refractivity contribution in [2.45, 2.75) is 16.8 Å². The van der Waals surface area contributed by atoms with Crippen LogP contribution in [0.4, 0.5) is 11.4 Å². The summed E-state index contributed by atoms with van der Waals surface area (Å²) in [4.78, 5) is 32.6. The van der Waals surface area contributed by atoms with Crippen molar-refractivity contribution in [2.24, 2.45) is 0 Å². The summed E-state index contributed by atoms with van der Waals surface area (Å²) in [7, 11) is 1.58. The molecule has 0 radical (unpaired) electrons. The highest BCUT2D eigenvalue weighted by Gasteiger charge is 2.27. The summed E-state index contributed by atoms with van der Waals surface area (Å²) in [6.07, 6.45) is 1.67. The van der Waals surface area contributed by atoms with Gasteiger partial charge in [-0.1, -0.05) is 17.8 Å². The van der Waals surface area contributed by atoms with Gasteiger partial charge in [0.2, 0.25) is 0 Å². The molecule has 1 aliphatic heterocycles. The zero-order valence-electron chi connectivity index (χ0n) is 16.0. The fourth-order valence-corrected chi connectivity index (χ4v) is 4.23. The van der Waals surface area contributed by atoms with Gasteiger partial charge in [-0.05, 0) is 49.4 Å². The van der Waals surface area contributed by atoms with Crippen LogP contribution >= 0.6 is 11.8 Å². The molecule has 0 atom stereocenters. The fraction of sp³-hybridized carbons (Fsp3) is 0.136. The summed E-state index contributed by atoms with van der Waals surface area (Å²) in [5, 5.41) is 3.52. The molecular weight excluding hydrogens is 386 g/mol. The normalized spacial score (nSPS) is 12.6. The van der Waals surface area contributed by atoms with Crippen molar-refractivity contribution in [3.63, 3.8) is 0 Å². The van der Waals surface area contributed by atoms with Crippen LogP contribution in [0.25, 0.3) is 0 Å². The number of rotatable bonds is 4. The minimum absolute atomic E-state index is 0.0876. The van der Waals surface area contributed by atoms with Gasteiger partial charge in [-0.25, -0.2) is 4.98 Å². The molecule has 0 spiro atoms. The molecule has 3 aromatic rings. The van der Waals surface area contributed by atoms with Crippen molar-refractivity contribution in [3.05, 3.63) is 71.9 Å². The van der Waals surface area contributed by atoms with E-state index in [9.17, 15) is 9.59 Å².